The summed E-state index contributed by atoms with van der Waals surface area (Å²) in [6.45, 7) is 0. The number of benzene rings is 10. The fraction of sp³-hybridized carbons (Fsp3) is 0.100. The molecule has 118 heavy (non-hydrogen) atoms. The van der Waals surface area contributed by atoms with Crippen molar-refractivity contribution in [2.24, 2.45) is 0 Å². The molecular weight excluding hydrogens is 1810 g/mol. The molecule has 5 aliphatic rings. The van der Waals surface area contributed by atoms with Gasteiger partial charge in [-0.1, -0.05) is 180 Å². The van der Waals surface area contributed by atoms with Gasteiger partial charge >= 0.3 is 61.3 Å². The third kappa shape index (κ3) is 16.3. The predicted octanol–water partition coefficient (Wildman–Crippen LogP) is 20.0. The maximum atomic E-state index is 4.93. The van der Waals surface area contributed by atoms with E-state index in [1.807, 2.05) is 134 Å². The summed E-state index contributed by atoms with van der Waals surface area (Å²) in [5.41, 5.74) is 17.6. The molecule has 10 aromatic carbocycles. The monoisotopic (exact) mass is 1880 g/mol. The number of hydrogen-bond donors (Lipinski definition) is 0. The molecular formula is C100H78N10Pd3S2Si3. The maximum absolute atomic E-state index is 4.93. The number of anilines is 11. The van der Waals surface area contributed by atoms with E-state index < -0.39 is 24.9 Å². The van der Waals surface area contributed by atoms with Crippen LogP contribution in [-0.2, 0) is 61.3 Å². The molecule has 1 atom stereocenters. The second-order valence-electron chi connectivity index (χ2n) is 29.5. The molecule has 0 amide bonds. The number of aromatic nitrogens is 6. The Morgan fingerprint density at radius 2 is 0.695 bits per heavy atom. The Kier molecular flexibility index (Phi) is 25.4. The molecule has 0 bridgehead atoms. The minimum atomic E-state index is -2.00. The maximum Gasteiger partial charge on any atom is 2.00 e. The van der Waals surface area contributed by atoms with Crippen molar-refractivity contribution in [1.29, 1.82) is 0 Å². The fourth-order valence-electron chi connectivity index (χ4n) is 17.2. The van der Waals surface area contributed by atoms with Gasteiger partial charge in [-0.3, -0.25) is 15.0 Å². The average molecular weight is 1890 g/mol. The van der Waals surface area contributed by atoms with E-state index in [-0.39, 0.29) is 61.3 Å². The van der Waals surface area contributed by atoms with E-state index in [4.69, 9.17) is 15.0 Å². The Bertz CT molecular complexity index is 6090. The second-order valence-corrected chi connectivity index (χ2v) is 42.8. The van der Waals surface area contributed by atoms with Crippen LogP contribution >= 0.6 is 23.5 Å². The summed E-state index contributed by atoms with van der Waals surface area (Å²) < 4.78 is 0. The first kappa shape index (κ1) is 81.4. The van der Waals surface area contributed by atoms with Crippen molar-refractivity contribution >= 4 is 148 Å². The van der Waals surface area contributed by atoms with E-state index in [1.54, 1.807) is 0 Å². The van der Waals surface area contributed by atoms with E-state index in [0.29, 0.717) is 0 Å². The summed E-state index contributed by atoms with van der Waals surface area (Å²) in [5, 5.41) is 8.98. The Hall–Kier alpha value is -10.4. The van der Waals surface area contributed by atoms with E-state index in [1.165, 1.54) is 119 Å². The molecule has 11 heterocycles. The van der Waals surface area contributed by atoms with Crippen LogP contribution in [0.1, 0.15) is 32.1 Å². The van der Waals surface area contributed by atoms with Gasteiger partial charge in [0.2, 0.25) is 0 Å². The molecule has 0 aliphatic carbocycles. The molecule has 1 unspecified atom stereocenters. The van der Waals surface area contributed by atoms with Crippen LogP contribution in [0.5, 0.6) is 0 Å². The average Bonchev–Trinajstić information content (AvgIpc) is 0.822. The van der Waals surface area contributed by atoms with E-state index in [2.05, 4.69) is 309 Å². The van der Waals surface area contributed by atoms with Gasteiger partial charge in [0.15, 0.2) is 0 Å². The van der Waals surface area contributed by atoms with Gasteiger partial charge in [0.1, 0.15) is 24.9 Å². The van der Waals surface area contributed by atoms with Gasteiger partial charge in [0.05, 0.1) is 22.7 Å². The number of rotatable bonds is 13. The van der Waals surface area contributed by atoms with Gasteiger partial charge in [-0.2, -0.15) is 87.6 Å². The largest absolute Gasteiger partial charge is 2.00 e. The number of hydrogen-bond acceptors (Lipinski definition) is 12. The van der Waals surface area contributed by atoms with Crippen molar-refractivity contribution in [1.82, 2.24) is 29.9 Å². The van der Waals surface area contributed by atoms with Gasteiger partial charge in [0, 0.05) is 62.9 Å². The van der Waals surface area contributed by atoms with Gasteiger partial charge in [-0.05, 0) is 168 Å². The Labute approximate surface area is 745 Å². The third-order valence-electron chi connectivity index (χ3n) is 22.7. The first-order valence-electron chi connectivity index (χ1n) is 39.5. The van der Waals surface area contributed by atoms with Crippen LogP contribution in [0.4, 0.5) is 62.6 Å². The summed E-state index contributed by atoms with van der Waals surface area (Å²) in [6.07, 6.45) is 17.7. The van der Waals surface area contributed by atoms with Gasteiger partial charge < -0.3 is 34.6 Å². The van der Waals surface area contributed by atoms with Crippen LogP contribution in [0.15, 0.2) is 360 Å². The van der Waals surface area contributed by atoms with Crippen LogP contribution in [0.25, 0.3) is 33.8 Å². The van der Waals surface area contributed by atoms with Gasteiger partial charge in [0.25, 0.3) is 0 Å². The molecule has 2 saturated heterocycles. The summed E-state index contributed by atoms with van der Waals surface area (Å²) >= 11 is 3.66. The number of pyridine rings is 6. The summed E-state index contributed by atoms with van der Waals surface area (Å²) in [6, 6.07) is 134. The molecule has 18 heteroatoms. The molecule has 6 aromatic heterocycles. The molecule has 16 aromatic rings. The molecule has 582 valence electrons. The zero-order chi connectivity index (χ0) is 76.9. The normalized spacial score (nSPS) is 14.4. The molecule has 21 rings (SSSR count). The molecule has 10 nitrogen and oxygen atoms in total. The van der Waals surface area contributed by atoms with Crippen molar-refractivity contribution in [3.63, 3.8) is 0 Å². The van der Waals surface area contributed by atoms with Crippen molar-refractivity contribution in [3.05, 3.63) is 377 Å². The minimum Gasteiger partial charge on any atom is -0.394 e. The van der Waals surface area contributed by atoms with Crippen molar-refractivity contribution in [2.75, 3.05) is 26.6 Å². The van der Waals surface area contributed by atoms with Gasteiger partial charge in [-0.25, -0.2) is 0 Å². The first-order valence-corrected chi connectivity index (χ1v) is 47.7. The smallest absolute Gasteiger partial charge is 0.394 e. The summed E-state index contributed by atoms with van der Waals surface area (Å²) in [4.78, 5) is 42.5. The Morgan fingerprint density at radius 1 is 0.297 bits per heavy atom. The molecule has 2 fully saturated rings. The zero-order valence-electron chi connectivity index (χ0n) is 64.5. The number of fused-ring (bicyclic) bond motifs is 6. The van der Waals surface area contributed by atoms with Crippen LogP contribution in [0.3, 0.4) is 0 Å². The summed E-state index contributed by atoms with van der Waals surface area (Å²) in [7, 11) is -3.71. The molecule has 0 N–H and O–H groups in total. The third-order valence-corrected chi connectivity index (χ3v) is 37.9. The quantitative estimate of drug-likeness (QED) is 0.0813. The molecule has 0 saturated carbocycles. The molecule has 5 aliphatic heterocycles. The standard InChI is InChI=1S/C35H26N4Si.C33H27N3SSi.C32H25N3SSi.3Pd/c1-38-31-17-5-6-18-33(31)39(27-13-11-12-26(24-27)30-16-7-9-22-36-30)34-25-29(20-21-32(34)38)40(28-14-3-2-4-15-28)35-19-8-10-23-37-35;1-8-21-38(22-9-1,33-16-5-7-20-35-33)27-17-18-32-30(24-27)36(29-14-2-3-15-31(29)37-32)26-12-10-11-25(23-26)28-13-4-6-19-34-28;1-2-14-30-28(13-1)35(25-11-9-10-24(22-25)27-12-3-5-18-33-27)29-23-26(16-17-31(29)36-30)37(20-7-8-21-37)32-15-4-6-19-34-32;;;/h2-23,40H,1H3;2-7,10-20H,1,8-9,21-22H2;1-6,9-19H,7-8,20-21H2;;;/q3*-2;3*+2. The van der Waals surface area contributed by atoms with Crippen LogP contribution < -0.4 is 56.3 Å². The number of nitrogens with zero attached hydrogens (tertiary/aromatic N) is 10. The number of para-hydroxylation sites is 4. The first-order chi connectivity index (χ1) is 56.9. The van der Waals surface area contributed by atoms with Crippen LogP contribution in [0, 0.1) is 36.4 Å². The molecule has 0 radical (unpaired) electrons. The fourth-order valence-corrected chi connectivity index (χ4v) is 31.5. The van der Waals surface area contributed by atoms with Crippen LogP contribution in [0.2, 0.25) is 24.2 Å². The van der Waals surface area contributed by atoms with Crippen molar-refractivity contribution in [3.8, 4) is 33.8 Å². The van der Waals surface area contributed by atoms with E-state index >= 15 is 0 Å². The predicted molar refractivity (Wildman–Crippen MR) is 480 cm³/mol. The second kappa shape index (κ2) is 36.9. The van der Waals surface area contributed by atoms with Crippen molar-refractivity contribution in [2.45, 2.75) is 75.9 Å². The molecule has 0 spiro atoms. The van der Waals surface area contributed by atoms with Crippen molar-refractivity contribution < 1.29 is 61.3 Å². The summed E-state index contributed by atoms with van der Waals surface area (Å²) in [5.74, 6) is 0. The minimum absolute atomic E-state index is 0. The van der Waals surface area contributed by atoms with E-state index in [0.717, 1.165) is 90.3 Å². The SMILES string of the molecule is CN1c2ccc([SiH](c3ccccc3)c3ccccn3)[c-]c2N(c2[c-]c(-c3ccccn3)ccc2)c2ccccc21.[Pd+2].[Pd+2].[Pd+2].[c-]1c(-c2ccccn2)cccc1N1c2[c-]c([Si]3(c4ccccn4)CCCC3)ccc2Sc2ccccc21.[c-]1c(-c2ccccn2)cccc1N1c2[c-]c([Si]3(c4ccccn4)CCCCC3)ccc2Sc2ccccc21. The van der Waals surface area contributed by atoms with Crippen LogP contribution in [-0.4, -0.2) is 61.9 Å². The van der Waals surface area contributed by atoms with Gasteiger partial charge in [-0.15, -0.1) is 95.6 Å². The zero-order valence-corrected chi connectivity index (χ0v) is 74.0. The van der Waals surface area contributed by atoms with E-state index in [9.17, 15) is 0 Å². The Balaban J connectivity index is 0.000000131. The topological polar surface area (TPSA) is 90.3 Å². The Morgan fingerprint density at radius 3 is 1.14 bits per heavy atom.